The summed E-state index contributed by atoms with van der Waals surface area (Å²) in [6.07, 6.45) is 4.21. The molecule has 0 saturated heterocycles. The summed E-state index contributed by atoms with van der Waals surface area (Å²) in [6.45, 7) is 0. The van der Waals surface area contributed by atoms with Crippen molar-refractivity contribution >= 4 is 23.2 Å². The minimum absolute atomic E-state index is 0.00783. The Labute approximate surface area is 132 Å². The molecule has 114 valence electrons. The van der Waals surface area contributed by atoms with E-state index in [0.717, 1.165) is 11.3 Å². The van der Waals surface area contributed by atoms with Gasteiger partial charge in [0.15, 0.2) is 11.6 Å². The second-order valence-corrected chi connectivity index (χ2v) is 5.85. The molecule has 23 heavy (non-hydrogen) atoms. The second-order valence-electron chi connectivity index (χ2n) is 5.85. The van der Waals surface area contributed by atoms with Gasteiger partial charge in [0.2, 0.25) is 5.91 Å². The van der Waals surface area contributed by atoms with Crippen LogP contribution in [0.4, 0.5) is 5.69 Å². The molecule has 2 aliphatic rings. The van der Waals surface area contributed by atoms with E-state index < -0.39 is 11.2 Å². The van der Waals surface area contributed by atoms with Crippen LogP contribution in [0, 0.1) is 0 Å². The van der Waals surface area contributed by atoms with E-state index in [0.29, 0.717) is 5.56 Å². The zero-order chi connectivity index (χ0) is 16.2. The van der Waals surface area contributed by atoms with Crippen molar-refractivity contribution in [3.63, 3.8) is 0 Å². The van der Waals surface area contributed by atoms with E-state index in [9.17, 15) is 14.4 Å². The molecule has 4 rings (SSSR count). The fourth-order valence-electron chi connectivity index (χ4n) is 3.45. The summed E-state index contributed by atoms with van der Waals surface area (Å²) < 4.78 is 4.91. The summed E-state index contributed by atoms with van der Waals surface area (Å²) in [6, 6.07) is 8.88. The lowest BCUT2D eigenvalue weighted by atomic mass is 9.81. The van der Waals surface area contributed by atoms with Crippen molar-refractivity contribution in [2.24, 2.45) is 0 Å². The zero-order valence-corrected chi connectivity index (χ0v) is 12.4. The van der Waals surface area contributed by atoms with E-state index in [-0.39, 0.29) is 23.7 Å². The quantitative estimate of drug-likeness (QED) is 0.630. The first-order valence-corrected chi connectivity index (χ1v) is 7.25. The van der Waals surface area contributed by atoms with Crippen LogP contribution in [0.2, 0.25) is 0 Å². The van der Waals surface area contributed by atoms with E-state index >= 15 is 0 Å². The topological polar surface area (TPSA) is 67.6 Å². The number of carbonyl (C=O) groups excluding carboxylic acids is 3. The first-order chi connectivity index (χ1) is 11.0. The molecule has 0 N–H and O–H groups in total. The monoisotopic (exact) mass is 307 g/mol. The SMILES string of the molecule is CN1C(=O)C2(C=C(C(=O)c3ccoc3)C(=O)C2)c2ccccc21. The van der Waals surface area contributed by atoms with Crippen LogP contribution in [0.25, 0.3) is 0 Å². The number of hydrogen-bond acceptors (Lipinski definition) is 4. The predicted molar refractivity (Wildman–Crippen MR) is 82.3 cm³/mol. The summed E-state index contributed by atoms with van der Waals surface area (Å²) in [4.78, 5) is 39.3. The number of hydrogen-bond donors (Lipinski definition) is 0. The van der Waals surface area contributed by atoms with Gasteiger partial charge in [-0.15, -0.1) is 0 Å². The number of fused-ring (bicyclic) bond motifs is 2. The van der Waals surface area contributed by atoms with Gasteiger partial charge in [0.25, 0.3) is 0 Å². The molecule has 0 radical (unpaired) electrons. The number of anilines is 1. The third kappa shape index (κ3) is 1.70. The van der Waals surface area contributed by atoms with Crippen LogP contribution < -0.4 is 4.90 Å². The molecule has 1 aliphatic carbocycles. The number of ketones is 2. The molecule has 5 nitrogen and oxygen atoms in total. The Hall–Kier alpha value is -2.95. The van der Waals surface area contributed by atoms with Crippen LogP contribution in [0.5, 0.6) is 0 Å². The van der Waals surface area contributed by atoms with Crippen molar-refractivity contribution in [2.75, 3.05) is 11.9 Å². The van der Waals surface area contributed by atoms with Crippen LogP contribution in [-0.2, 0) is 15.0 Å². The number of benzene rings is 1. The lowest BCUT2D eigenvalue weighted by Gasteiger charge is -2.18. The smallest absolute Gasteiger partial charge is 0.241 e. The lowest BCUT2D eigenvalue weighted by molar-refractivity contribution is -0.124. The number of rotatable bonds is 2. The maximum Gasteiger partial charge on any atom is 0.241 e. The minimum Gasteiger partial charge on any atom is -0.472 e. The molecule has 1 amide bonds. The summed E-state index contributed by atoms with van der Waals surface area (Å²) in [7, 11) is 1.68. The Balaban J connectivity index is 1.86. The maximum atomic E-state index is 12.8. The van der Waals surface area contributed by atoms with Crippen molar-refractivity contribution in [2.45, 2.75) is 11.8 Å². The van der Waals surface area contributed by atoms with Gasteiger partial charge in [0, 0.05) is 19.2 Å². The molecule has 1 atom stereocenters. The van der Waals surface area contributed by atoms with E-state index in [4.69, 9.17) is 4.42 Å². The third-order valence-corrected chi connectivity index (χ3v) is 4.59. The van der Waals surface area contributed by atoms with Crippen molar-refractivity contribution in [3.8, 4) is 0 Å². The van der Waals surface area contributed by atoms with E-state index in [1.165, 1.54) is 24.7 Å². The Morgan fingerprint density at radius 1 is 1.22 bits per heavy atom. The van der Waals surface area contributed by atoms with E-state index in [1.807, 2.05) is 24.3 Å². The van der Waals surface area contributed by atoms with Crippen molar-refractivity contribution in [3.05, 3.63) is 65.6 Å². The van der Waals surface area contributed by atoms with E-state index in [1.54, 1.807) is 11.9 Å². The second kappa shape index (κ2) is 4.52. The molecule has 1 aromatic heterocycles. The maximum absolute atomic E-state index is 12.8. The number of Topliss-reactive ketones (excluding diaryl/α,β-unsaturated/α-hetero) is 2. The van der Waals surface area contributed by atoms with Gasteiger partial charge in [0.05, 0.1) is 17.4 Å². The van der Waals surface area contributed by atoms with Gasteiger partial charge in [-0.2, -0.15) is 0 Å². The average molecular weight is 307 g/mol. The minimum atomic E-state index is -1.06. The van der Waals surface area contributed by atoms with Gasteiger partial charge < -0.3 is 9.32 Å². The molecule has 1 unspecified atom stereocenters. The summed E-state index contributed by atoms with van der Waals surface area (Å²) in [5.74, 6) is -0.892. The van der Waals surface area contributed by atoms with Crippen LogP contribution in [0.15, 0.2) is 58.9 Å². The first kappa shape index (κ1) is 13.7. The molecule has 2 aromatic rings. The fourth-order valence-corrected chi connectivity index (χ4v) is 3.45. The molecule has 1 spiro atoms. The Morgan fingerprint density at radius 2 is 2.00 bits per heavy atom. The number of nitrogens with zero attached hydrogens (tertiary/aromatic N) is 1. The standard InChI is InChI=1S/C18H13NO4/c1-19-14-5-3-2-4-13(14)18(17(19)22)8-12(15(20)9-18)16(21)11-6-7-23-10-11/h2-8,10H,9H2,1H3. The van der Waals surface area contributed by atoms with Gasteiger partial charge in [-0.1, -0.05) is 18.2 Å². The van der Waals surface area contributed by atoms with Crippen LogP contribution >= 0.6 is 0 Å². The summed E-state index contributed by atoms with van der Waals surface area (Å²) in [5, 5.41) is 0. The fraction of sp³-hybridized carbons (Fsp3) is 0.167. The highest BCUT2D eigenvalue weighted by Crippen LogP contribution is 2.48. The van der Waals surface area contributed by atoms with Crippen molar-refractivity contribution in [1.29, 1.82) is 0 Å². The predicted octanol–water partition coefficient (Wildman–Crippen LogP) is 2.28. The highest BCUT2D eigenvalue weighted by atomic mass is 16.3. The Bertz CT molecular complexity index is 878. The number of carbonyl (C=O) groups is 3. The molecule has 0 bridgehead atoms. The van der Waals surface area contributed by atoms with Gasteiger partial charge in [-0.25, -0.2) is 0 Å². The lowest BCUT2D eigenvalue weighted by Crippen LogP contribution is -2.36. The molecular formula is C18H13NO4. The third-order valence-electron chi connectivity index (χ3n) is 4.59. The molecule has 1 aromatic carbocycles. The molecule has 5 heteroatoms. The van der Waals surface area contributed by atoms with Gasteiger partial charge in [-0.3, -0.25) is 14.4 Å². The summed E-state index contributed by atoms with van der Waals surface area (Å²) in [5.41, 5.74) is 0.866. The Kier molecular flexibility index (Phi) is 2.69. The average Bonchev–Trinajstić information content (AvgIpc) is 3.25. The molecule has 1 aliphatic heterocycles. The number of likely N-dealkylation sites (N-methyl/N-ethyl adjacent to an activating group) is 1. The normalized spacial score (nSPS) is 22.7. The largest absolute Gasteiger partial charge is 0.472 e. The van der Waals surface area contributed by atoms with Crippen LogP contribution in [-0.4, -0.2) is 24.5 Å². The van der Waals surface area contributed by atoms with Gasteiger partial charge in [0.1, 0.15) is 11.7 Å². The Morgan fingerprint density at radius 3 is 2.74 bits per heavy atom. The zero-order valence-electron chi connectivity index (χ0n) is 12.4. The first-order valence-electron chi connectivity index (χ1n) is 7.25. The molecule has 2 heterocycles. The number of furan rings is 1. The summed E-state index contributed by atoms with van der Waals surface area (Å²) >= 11 is 0. The number of allylic oxidation sites excluding steroid dienone is 1. The molecule has 0 saturated carbocycles. The van der Waals surface area contributed by atoms with Crippen molar-refractivity contribution < 1.29 is 18.8 Å². The van der Waals surface area contributed by atoms with Crippen LogP contribution in [0.3, 0.4) is 0 Å². The molecule has 0 fully saturated rings. The van der Waals surface area contributed by atoms with E-state index in [2.05, 4.69) is 0 Å². The van der Waals surface area contributed by atoms with Crippen LogP contribution in [0.1, 0.15) is 22.3 Å². The molecular weight excluding hydrogens is 294 g/mol. The van der Waals surface area contributed by atoms with Crippen molar-refractivity contribution in [1.82, 2.24) is 0 Å². The number of amides is 1. The van der Waals surface area contributed by atoms with Gasteiger partial charge >= 0.3 is 0 Å². The number of para-hydroxylation sites is 1. The highest BCUT2D eigenvalue weighted by molar-refractivity contribution is 6.30. The van der Waals surface area contributed by atoms with Gasteiger partial charge in [-0.05, 0) is 23.8 Å². The highest BCUT2D eigenvalue weighted by Gasteiger charge is 2.54.